The smallest absolute Gasteiger partial charge is 0.263 e. The zero-order valence-corrected chi connectivity index (χ0v) is 12.2. The van der Waals surface area contributed by atoms with Crippen molar-refractivity contribution in [2.75, 3.05) is 13.1 Å². The molecule has 1 heterocycles. The summed E-state index contributed by atoms with van der Waals surface area (Å²) in [6.45, 7) is 5.07. The summed E-state index contributed by atoms with van der Waals surface area (Å²) in [7, 11) is 0. The Morgan fingerprint density at radius 2 is 2.15 bits per heavy atom. The number of aliphatic hydroxyl groups is 1. The molecule has 20 heavy (non-hydrogen) atoms. The van der Waals surface area contributed by atoms with Crippen LogP contribution in [-0.2, 0) is 4.79 Å². The lowest BCUT2D eigenvalue weighted by molar-refractivity contribution is -0.143. The van der Waals surface area contributed by atoms with E-state index in [1.807, 2.05) is 44.2 Å². The maximum Gasteiger partial charge on any atom is 0.263 e. The number of para-hydroxylation sites is 1. The number of benzene rings is 1. The second-order valence-corrected chi connectivity index (χ2v) is 5.45. The van der Waals surface area contributed by atoms with E-state index in [2.05, 4.69) is 0 Å². The molecule has 1 N–H and O–H groups in total. The van der Waals surface area contributed by atoms with Crippen molar-refractivity contribution in [1.82, 2.24) is 4.90 Å². The molecule has 1 aromatic carbocycles. The standard InChI is InChI=1S/C16H23NO3/c1-3-15(20-13-7-5-4-6-8-13)16(19)17-10-9-12(2)14(18)11-17/h4-8,12,14-15,18H,3,9-11H2,1-2H3. The van der Waals surface area contributed by atoms with Gasteiger partial charge in [0.15, 0.2) is 6.10 Å². The average Bonchev–Trinajstić information content (AvgIpc) is 2.48. The summed E-state index contributed by atoms with van der Waals surface area (Å²) in [5, 5.41) is 9.91. The lowest BCUT2D eigenvalue weighted by Crippen LogP contribution is -2.50. The van der Waals surface area contributed by atoms with E-state index < -0.39 is 12.2 Å². The second kappa shape index (κ2) is 6.75. The van der Waals surface area contributed by atoms with Crippen molar-refractivity contribution in [3.05, 3.63) is 30.3 Å². The molecule has 2 rings (SSSR count). The Kier molecular flexibility index (Phi) is 5.01. The van der Waals surface area contributed by atoms with Crippen LogP contribution in [0.2, 0.25) is 0 Å². The highest BCUT2D eigenvalue weighted by molar-refractivity contribution is 5.81. The molecule has 4 heteroatoms. The van der Waals surface area contributed by atoms with Crippen LogP contribution in [-0.4, -0.2) is 41.2 Å². The summed E-state index contributed by atoms with van der Waals surface area (Å²) in [6.07, 6.45) is 0.560. The molecule has 1 aromatic rings. The van der Waals surface area contributed by atoms with Crippen molar-refractivity contribution in [3.63, 3.8) is 0 Å². The fourth-order valence-electron chi connectivity index (χ4n) is 2.42. The number of carbonyl (C=O) groups is 1. The lowest BCUT2D eigenvalue weighted by Gasteiger charge is -2.36. The summed E-state index contributed by atoms with van der Waals surface area (Å²) >= 11 is 0. The molecular weight excluding hydrogens is 254 g/mol. The van der Waals surface area contributed by atoms with E-state index in [1.165, 1.54) is 0 Å². The van der Waals surface area contributed by atoms with Crippen LogP contribution in [0, 0.1) is 5.92 Å². The molecule has 1 fully saturated rings. The fourth-order valence-corrected chi connectivity index (χ4v) is 2.42. The monoisotopic (exact) mass is 277 g/mol. The van der Waals surface area contributed by atoms with Gasteiger partial charge in [0.25, 0.3) is 5.91 Å². The zero-order valence-electron chi connectivity index (χ0n) is 12.2. The highest BCUT2D eigenvalue weighted by Crippen LogP contribution is 2.20. The van der Waals surface area contributed by atoms with Crippen molar-refractivity contribution in [3.8, 4) is 5.75 Å². The quantitative estimate of drug-likeness (QED) is 0.916. The topological polar surface area (TPSA) is 49.8 Å². The van der Waals surface area contributed by atoms with Crippen LogP contribution in [0.3, 0.4) is 0 Å². The van der Waals surface area contributed by atoms with E-state index >= 15 is 0 Å². The number of ether oxygens (including phenoxy) is 1. The van der Waals surface area contributed by atoms with Crippen molar-refractivity contribution >= 4 is 5.91 Å². The lowest BCUT2D eigenvalue weighted by atomic mass is 9.95. The molecule has 3 unspecified atom stereocenters. The van der Waals surface area contributed by atoms with Crippen LogP contribution in [0.5, 0.6) is 5.75 Å². The Bertz CT molecular complexity index is 435. The molecule has 1 saturated heterocycles. The fraction of sp³-hybridized carbons (Fsp3) is 0.562. The molecule has 0 bridgehead atoms. The van der Waals surface area contributed by atoms with Crippen LogP contribution >= 0.6 is 0 Å². The first-order chi connectivity index (χ1) is 9.61. The van der Waals surface area contributed by atoms with Gasteiger partial charge in [-0.25, -0.2) is 0 Å². The van der Waals surface area contributed by atoms with Gasteiger partial charge in [0.2, 0.25) is 0 Å². The third kappa shape index (κ3) is 3.51. The minimum Gasteiger partial charge on any atom is -0.481 e. The summed E-state index contributed by atoms with van der Waals surface area (Å²) in [5.74, 6) is 0.940. The van der Waals surface area contributed by atoms with Crippen LogP contribution in [0.1, 0.15) is 26.7 Å². The van der Waals surface area contributed by atoms with E-state index in [4.69, 9.17) is 4.74 Å². The highest BCUT2D eigenvalue weighted by atomic mass is 16.5. The third-order valence-corrected chi connectivity index (χ3v) is 3.90. The predicted molar refractivity (Wildman–Crippen MR) is 77.5 cm³/mol. The van der Waals surface area contributed by atoms with Crippen molar-refractivity contribution in [2.45, 2.75) is 38.9 Å². The van der Waals surface area contributed by atoms with Crippen LogP contribution in [0.25, 0.3) is 0 Å². The van der Waals surface area contributed by atoms with Crippen molar-refractivity contribution in [2.24, 2.45) is 5.92 Å². The number of nitrogens with zero attached hydrogens (tertiary/aromatic N) is 1. The molecule has 4 nitrogen and oxygen atoms in total. The maximum absolute atomic E-state index is 12.5. The molecule has 1 aliphatic heterocycles. The molecular formula is C16H23NO3. The van der Waals surface area contributed by atoms with Gasteiger partial charge >= 0.3 is 0 Å². The van der Waals surface area contributed by atoms with Gasteiger partial charge in [-0.3, -0.25) is 4.79 Å². The number of hydrogen-bond donors (Lipinski definition) is 1. The van der Waals surface area contributed by atoms with Crippen LogP contribution < -0.4 is 4.74 Å². The van der Waals surface area contributed by atoms with E-state index in [-0.39, 0.29) is 11.8 Å². The summed E-state index contributed by atoms with van der Waals surface area (Å²) in [6, 6.07) is 9.39. The third-order valence-electron chi connectivity index (χ3n) is 3.90. The number of rotatable bonds is 4. The van der Waals surface area contributed by atoms with E-state index in [0.717, 1.165) is 6.42 Å². The number of amides is 1. The Hall–Kier alpha value is -1.55. The molecule has 0 aromatic heterocycles. The summed E-state index contributed by atoms with van der Waals surface area (Å²) < 4.78 is 5.77. The van der Waals surface area contributed by atoms with Gasteiger partial charge in [-0.1, -0.05) is 32.0 Å². The second-order valence-electron chi connectivity index (χ2n) is 5.45. The first kappa shape index (κ1) is 14.9. The molecule has 0 saturated carbocycles. The predicted octanol–water partition coefficient (Wildman–Crippen LogP) is 2.07. The van der Waals surface area contributed by atoms with Crippen LogP contribution in [0.4, 0.5) is 0 Å². The molecule has 1 amide bonds. The van der Waals surface area contributed by atoms with E-state index in [0.29, 0.717) is 25.3 Å². The molecule has 0 aliphatic carbocycles. The van der Waals surface area contributed by atoms with E-state index in [1.54, 1.807) is 4.90 Å². The molecule has 1 aliphatic rings. The number of carbonyl (C=O) groups excluding carboxylic acids is 1. The zero-order chi connectivity index (χ0) is 14.5. The number of hydrogen-bond acceptors (Lipinski definition) is 3. The largest absolute Gasteiger partial charge is 0.481 e. The minimum absolute atomic E-state index is 0.0256. The minimum atomic E-state index is -0.474. The Balaban J connectivity index is 1.99. The van der Waals surface area contributed by atoms with Gasteiger partial charge in [-0.05, 0) is 30.9 Å². The molecule has 0 radical (unpaired) electrons. The molecule has 3 atom stereocenters. The Labute approximate surface area is 120 Å². The summed E-state index contributed by atoms with van der Waals surface area (Å²) in [4.78, 5) is 14.2. The molecule has 0 spiro atoms. The van der Waals surface area contributed by atoms with Gasteiger partial charge in [0.05, 0.1) is 6.10 Å². The maximum atomic E-state index is 12.5. The Morgan fingerprint density at radius 1 is 1.45 bits per heavy atom. The van der Waals surface area contributed by atoms with E-state index in [9.17, 15) is 9.90 Å². The summed E-state index contributed by atoms with van der Waals surface area (Å²) in [5.41, 5.74) is 0. The number of likely N-dealkylation sites (tertiary alicyclic amines) is 1. The SMILES string of the molecule is CCC(Oc1ccccc1)C(=O)N1CCC(C)C(O)C1. The first-order valence-electron chi connectivity index (χ1n) is 7.30. The van der Waals surface area contributed by atoms with Gasteiger partial charge < -0.3 is 14.7 Å². The number of β-amino-alcohol motifs (C(OH)–C–C–N with tert-alkyl or cyclic N) is 1. The van der Waals surface area contributed by atoms with Gasteiger partial charge in [-0.15, -0.1) is 0 Å². The number of piperidine rings is 1. The van der Waals surface area contributed by atoms with Gasteiger partial charge in [0.1, 0.15) is 5.75 Å². The number of aliphatic hydroxyl groups excluding tert-OH is 1. The van der Waals surface area contributed by atoms with Crippen LogP contribution in [0.15, 0.2) is 30.3 Å². The van der Waals surface area contributed by atoms with Gasteiger partial charge in [0, 0.05) is 13.1 Å². The average molecular weight is 277 g/mol. The highest BCUT2D eigenvalue weighted by Gasteiger charge is 2.31. The van der Waals surface area contributed by atoms with Crippen molar-refractivity contribution < 1.29 is 14.6 Å². The van der Waals surface area contributed by atoms with Gasteiger partial charge in [-0.2, -0.15) is 0 Å². The first-order valence-corrected chi connectivity index (χ1v) is 7.30. The molecule has 110 valence electrons. The van der Waals surface area contributed by atoms with Crippen molar-refractivity contribution in [1.29, 1.82) is 0 Å². The normalized spacial score (nSPS) is 24.2. The Morgan fingerprint density at radius 3 is 2.75 bits per heavy atom.